The third kappa shape index (κ3) is 6.23. The molecule has 2 fully saturated rings. The minimum absolute atomic E-state index is 0.172. The number of nitrogens with zero attached hydrogens (tertiary/aromatic N) is 1. The molecule has 0 unspecified atom stereocenters. The number of hydrogen-bond donors (Lipinski definition) is 1. The average molecular weight is 466 g/mol. The largest absolute Gasteiger partial charge is 0.376 e. The molecule has 182 valence electrons. The molecule has 1 aromatic rings. The molecular weight excluding hydrogens is 421 g/mol. The Hall–Kier alpha value is -0.740. The third-order valence-electron chi connectivity index (χ3n) is 7.77. The zero-order chi connectivity index (χ0) is 23.5. The molecule has 0 radical (unpaired) electrons. The second-order valence-electron chi connectivity index (χ2n) is 11.1. The first-order chi connectivity index (χ1) is 15.1. The third-order valence-corrected chi connectivity index (χ3v) is 9.80. The van der Waals surface area contributed by atoms with Crippen LogP contribution in [0.1, 0.15) is 91.5 Å². The Kier molecular flexibility index (Phi) is 8.99. The van der Waals surface area contributed by atoms with E-state index in [1.54, 1.807) is 24.5 Å². The van der Waals surface area contributed by atoms with Gasteiger partial charge in [-0.25, -0.2) is 0 Å². The molecule has 0 saturated heterocycles. The van der Waals surface area contributed by atoms with E-state index in [2.05, 4.69) is 46.5 Å². The minimum Gasteiger partial charge on any atom is -0.376 e. The summed E-state index contributed by atoms with van der Waals surface area (Å²) < 4.78 is 27.4. The fourth-order valence-corrected chi connectivity index (χ4v) is 7.74. The van der Waals surface area contributed by atoms with E-state index in [0.717, 1.165) is 38.5 Å². The molecule has 0 aromatic carbocycles. The van der Waals surface area contributed by atoms with Gasteiger partial charge in [0.1, 0.15) is 0 Å². The zero-order valence-electron chi connectivity index (χ0n) is 20.8. The number of aromatic nitrogens is 1. The SMILES string of the molecule is CC(C)[C@H]1CC[C@H](C)C[C@H]1OP(=O)(O[C@@H]1C[C@@H](C)CC[C@@H]1C(C)C)[C@H](O)c1cccnc1. The Morgan fingerprint density at radius 1 is 0.938 bits per heavy atom. The Balaban J connectivity index is 1.92. The van der Waals surface area contributed by atoms with Crippen LogP contribution in [0.25, 0.3) is 0 Å². The van der Waals surface area contributed by atoms with Crippen molar-refractivity contribution in [2.24, 2.45) is 35.5 Å². The molecule has 3 rings (SSSR count). The van der Waals surface area contributed by atoms with E-state index in [1.807, 2.05) is 0 Å². The maximum atomic E-state index is 14.5. The molecule has 2 aliphatic rings. The maximum Gasteiger partial charge on any atom is 0.364 e. The van der Waals surface area contributed by atoms with E-state index in [4.69, 9.17) is 9.05 Å². The van der Waals surface area contributed by atoms with Gasteiger partial charge < -0.3 is 14.2 Å². The van der Waals surface area contributed by atoms with Crippen molar-refractivity contribution in [3.05, 3.63) is 30.1 Å². The predicted octanol–water partition coefficient (Wildman–Crippen LogP) is 7.22. The zero-order valence-corrected chi connectivity index (χ0v) is 21.7. The number of hydrogen-bond acceptors (Lipinski definition) is 5. The molecule has 0 amide bonds. The molecule has 1 aromatic heterocycles. The maximum absolute atomic E-state index is 14.5. The highest BCUT2D eigenvalue weighted by Crippen LogP contribution is 2.64. The fourth-order valence-electron chi connectivity index (χ4n) is 5.70. The molecule has 2 saturated carbocycles. The Bertz CT molecular complexity index is 717. The average Bonchev–Trinajstić information content (AvgIpc) is 2.73. The van der Waals surface area contributed by atoms with Crippen molar-refractivity contribution >= 4 is 7.60 Å². The summed E-state index contributed by atoms with van der Waals surface area (Å²) in [5, 5.41) is 11.3. The van der Waals surface area contributed by atoms with Gasteiger partial charge in [-0.2, -0.15) is 0 Å². The molecule has 1 heterocycles. The van der Waals surface area contributed by atoms with Gasteiger partial charge in [-0.1, -0.05) is 60.5 Å². The second-order valence-corrected chi connectivity index (χ2v) is 13.1. The topological polar surface area (TPSA) is 68.7 Å². The van der Waals surface area contributed by atoms with Crippen molar-refractivity contribution < 1.29 is 18.7 Å². The molecule has 0 aliphatic heterocycles. The lowest BCUT2D eigenvalue weighted by atomic mass is 9.75. The summed E-state index contributed by atoms with van der Waals surface area (Å²) in [5.74, 6) is 1.18. The van der Waals surface area contributed by atoms with Crippen molar-refractivity contribution in [2.75, 3.05) is 0 Å². The standard InChI is InChI=1S/C26H44NO4P/c1-17(2)22-11-9-19(5)14-24(22)30-32(29,26(28)21-8-7-13-27-16-21)31-25-15-20(6)10-12-23(25)18(3)4/h7-8,13,16-20,22-26,28H,9-12,14-15H2,1-6H3/t19-,20-,22+,23+,24+,25+,26-/m0/s1. The normalized spacial score (nSPS) is 32.9. The van der Waals surface area contributed by atoms with E-state index in [-0.39, 0.29) is 12.2 Å². The van der Waals surface area contributed by atoms with E-state index < -0.39 is 13.4 Å². The molecule has 7 atom stereocenters. The lowest BCUT2D eigenvalue weighted by Gasteiger charge is -2.42. The van der Waals surface area contributed by atoms with Gasteiger partial charge in [-0.05, 0) is 67.3 Å². The summed E-state index contributed by atoms with van der Waals surface area (Å²) in [5.41, 5.74) is 0.491. The highest BCUT2D eigenvalue weighted by atomic mass is 31.2. The lowest BCUT2D eigenvalue weighted by Crippen LogP contribution is -2.37. The van der Waals surface area contributed by atoms with Crippen molar-refractivity contribution in [3.8, 4) is 0 Å². The molecule has 6 heteroatoms. The molecule has 0 bridgehead atoms. The van der Waals surface area contributed by atoms with Crippen LogP contribution in [0.15, 0.2) is 24.5 Å². The van der Waals surface area contributed by atoms with Crippen LogP contribution in [0.3, 0.4) is 0 Å². The molecule has 2 aliphatic carbocycles. The van der Waals surface area contributed by atoms with Crippen molar-refractivity contribution in [1.29, 1.82) is 0 Å². The second kappa shape index (κ2) is 11.1. The van der Waals surface area contributed by atoms with Crippen molar-refractivity contribution in [3.63, 3.8) is 0 Å². The van der Waals surface area contributed by atoms with Crippen LogP contribution in [0.5, 0.6) is 0 Å². The molecule has 0 spiro atoms. The van der Waals surface area contributed by atoms with Crippen LogP contribution in [0.2, 0.25) is 0 Å². The molecule has 32 heavy (non-hydrogen) atoms. The van der Waals surface area contributed by atoms with Crippen molar-refractivity contribution in [2.45, 2.75) is 98.1 Å². The first-order valence-electron chi connectivity index (χ1n) is 12.6. The summed E-state index contributed by atoms with van der Waals surface area (Å²) >= 11 is 0. The molecular formula is C26H44NO4P. The van der Waals surface area contributed by atoms with Crippen LogP contribution in [0.4, 0.5) is 0 Å². The lowest BCUT2D eigenvalue weighted by molar-refractivity contribution is -0.0154. The Labute approximate surface area is 195 Å². The van der Waals surface area contributed by atoms with Crippen LogP contribution in [-0.2, 0) is 13.6 Å². The summed E-state index contributed by atoms with van der Waals surface area (Å²) in [6.45, 7) is 13.3. The van der Waals surface area contributed by atoms with E-state index in [9.17, 15) is 9.67 Å². The van der Waals surface area contributed by atoms with Gasteiger partial charge in [-0.3, -0.25) is 9.55 Å². The molecule has 1 N–H and O–H groups in total. The minimum atomic E-state index is -3.86. The van der Waals surface area contributed by atoms with Gasteiger partial charge >= 0.3 is 7.60 Å². The number of rotatable bonds is 8. The van der Waals surface area contributed by atoms with Crippen LogP contribution in [0, 0.1) is 35.5 Å². The first-order valence-corrected chi connectivity index (χ1v) is 14.3. The number of pyridine rings is 1. The summed E-state index contributed by atoms with van der Waals surface area (Å²) in [7, 11) is -3.86. The summed E-state index contributed by atoms with van der Waals surface area (Å²) in [4.78, 5) is 4.13. The van der Waals surface area contributed by atoms with Gasteiger partial charge in [0.15, 0.2) is 5.85 Å². The van der Waals surface area contributed by atoms with E-state index >= 15 is 0 Å². The number of aliphatic hydroxyl groups is 1. The Morgan fingerprint density at radius 2 is 1.44 bits per heavy atom. The fraction of sp³-hybridized carbons (Fsp3) is 0.808. The van der Waals surface area contributed by atoms with Gasteiger partial charge in [0.2, 0.25) is 0 Å². The first kappa shape index (κ1) is 25.9. The van der Waals surface area contributed by atoms with E-state index in [1.165, 1.54) is 0 Å². The quantitative estimate of drug-likeness (QED) is 0.410. The summed E-state index contributed by atoms with van der Waals surface area (Å²) in [6, 6.07) is 3.51. The van der Waals surface area contributed by atoms with Gasteiger partial charge in [-0.15, -0.1) is 0 Å². The van der Waals surface area contributed by atoms with Gasteiger partial charge in [0.25, 0.3) is 0 Å². The predicted molar refractivity (Wildman–Crippen MR) is 129 cm³/mol. The van der Waals surface area contributed by atoms with Gasteiger partial charge in [0.05, 0.1) is 12.2 Å². The highest BCUT2D eigenvalue weighted by molar-refractivity contribution is 7.54. The van der Waals surface area contributed by atoms with Crippen LogP contribution in [-0.4, -0.2) is 22.3 Å². The van der Waals surface area contributed by atoms with Gasteiger partial charge in [0, 0.05) is 18.0 Å². The monoisotopic (exact) mass is 465 g/mol. The smallest absolute Gasteiger partial charge is 0.364 e. The van der Waals surface area contributed by atoms with Crippen molar-refractivity contribution in [1.82, 2.24) is 4.98 Å². The van der Waals surface area contributed by atoms with E-state index in [0.29, 0.717) is 41.1 Å². The Morgan fingerprint density at radius 3 is 1.84 bits per heavy atom. The highest BCUT2D eigenvalue weighted by Gasteiger charge is 2.46. The number of aliphatic hydroxyl groups excluding tert-OH is 1. The van der Waals surface area contributed by atoms with Crippen LogP contribution >= 0.6 is 7.60 Å². The summed E-state index contributed by atoms with van der Waals surface area (Å²) in [6.07, 6.45) is 9.01. The van der Waals surface area contributed by atoms with Crippen LogP contribution < -0.4 is 0 Å². The molecule has 5 nitrogen and oxygen atoms in total.